The Morgan fingerprint density at radius 3 is 2.57 bits per heavy atom. The fraction of sp³-hybridized carbons (Fsp3) is 0.409. The van der Waals surface area contributed by atoms with E-state index in [1.54, 1.807) is 6.07 Å². The summed E-state index contributed by atoms with van der Waals surface area (Å²) in [5, 5.41) is 3.44. The van der Waals surface area contributed by atoms with Gasteiger partial charge in [-0.15, -0.1) is 0 Å². The van der Waals surface area contributed by atoms with Crippen LogP contribution in [0, 0.1) is 5.82 Å². The van der Waals surface area contributed by atoms with E-state index < -0.39 is 0 Å². The Morgan fingerprint density at radius 1 is 1.07 bits per heavy atom. The molecular weight excluding hydrogens is 409 g/mol. The molecule has 1 saturated heterocycles. The van der Waals surface area contributed by atoms with Gasteiger partial charge in [-0.25, -0.2) is 4.39 Å². The van der Waals surface area contributed by atoms with Crippen molar-refractivity contribution in [1.82, 2.24) is 10.2 Å². The molecule has 2 aliphatic heterocycles. The first kappa shape index (κ1) is 20.8. The Kier molecular flexibility index (Phi) is 6.59. The summed E-state index contributed by atoms with van der Waals surface area (Å²) in [5.41, 5.74) is 1.84. The van der Waals surface area contributed by atoms with E-state index in [1.807, 2.05) is 18.2 Å². The van der Waals surface area contributed by atoms with Crippen molar-refractivity contribution in [3.63, 3.8) is 0 Å². The Morgan fingerprint density at radius 2 is 1.80 bits per heavy atom. The number of fused-ring (bicyclic) bond motifs is 1. The van der Waals surface area contributed by atoms with Gasteiger partial charge in [0.1, 0.15) is 19.0 Å². The molecule has 2 aromatic rings. The summed E-state index contributed by atoms with van der Waals surface area (Å²) in [6, 6.07) is 10.2. The van der Waals surface area contributed by atoms with Gasteiger partial charge in [-0.2, -0.15) is 0 Å². The molecule has 1 fully saturated rings. The van der Waals surface area contributed by atoms with Crippen molar-refractivity contribution in [3.05, 3.63) is 52.8 Å². The molecule has 2 heterocycles. The Bertz CT molecular complexity index is 886. The molecule has 0 bridgehead atoms. The van der Waals surface area contributed by atoms with Gasteiger partial charge in [-0.05, 0) is 42.0 Å². The summed E-state index contributed by atoms with van der Waals surface area (Å²) >= 11 is 6.23. The number of hydrogen-bond acceptors (Lipinski definition) is 5. The number of amides is 1. The van der Waals surface area contributed by atoms with Crippen molar-refractivity contribution < 1.29 is 18.7 Å². The topological polar surface area (TPSA) is 54.0 Å². The smallest absolute Gasteiger partial charge is 0.224 e. The number of carbonyl (C=O) groups excluding carboxylic acids is 1. The maximum atomic E-state index is 13.1. The number of piperazine rings is 1. The van der Waals surface area contributed by atoms with Crippen LogP contribution in [0.3, 0.4) is 0 Å². The van der Waals surface area contributed by atoms with Gasteiger partial charge in [0.15, 0.2) is 11.5 Å². The van der Waals surface area contributed by atoms with E-state index in [1.165, 1.54) is 12.1 Å². The Balaban J connectivity index is 1.19. The third kappa shape index (κ3) is 5.15. The van der Waals surface area contributed by atoms with Crippen LogP contribution in [-0.2, 0) is 11.2 Å². The molecule has 0 atom stereocenters. The number of nitrogens with zero attached hydrogens (tertiary/aromatic N) is 2. The van der Waals surface area contributed by atoms with Crippen molar-refractivity contribution in [2.75, 3.05) is 57.4 Å². The zero-order valence-electron chi connectivity index (χ0n) is 16.7. The molecule has 30 heavy (non-hydrogen) atoms. The van der Waals surface area contributed by atoms with Gasteiger partial charge in [-0.3, -0.25) is 9.69 Å². The van der Waals surface area contributed by atoms with Crippen LogP contribution in [0.25, 0.3) is 0 Å². The van der Waals surface area contributed by atoms with Crippen molar-refractivity contribution in [1.29, 1.82) is 0 Å². The molecular formula is C22H25ClFN3O3. The quantitative estimate of drug-likeness (QED) is 0.759. The van der Waals surface area contributed by atoms with Crippen LogP contribution in [0.4, 0.5) is 10.1 Å². The van der Waals surface area contributed by atoms with Gasteiger partial charge in [0, 0.05) is 45.0 Å². The second kappa shape index (κ2) is 9.53. The van der Waals surface area contributed by atoms with Crippen LogP contribution in [-0.4, -0.2) is 63.3 Å². The maximum absolute atomic E-state index is 13.1. The lowest BCUT2D eigenvalue weighted by atomic mass is 10.1. The summed E-state index contributed by atoms with van der Waals surface area (Å²) in [6.45, 7) is 5.93. The zero-order valence-corrected chi connectivity index (χ0v) is 17.5. The summed E-state index contributed by atoms with van der Waals surface area (Å²) in [7, 11) is 0. The summed E-state index contributed by atoms with van der Waals surface area (Å²) < 4.78 is 24.1. The molecule has 2 aliphatic rings. The Labute approximate surface area is 180 Å². The van der Waals surface area contributed by atoms with Gasteiger partial charge in [0.25, 0.3) is 0 Å². The van der Waals surface area contributed by atoms with E-state index in [0.29, 0.717) is 36.3 Å². The van der Waals surface area contributed by atoms with Gasteiger partial charge in [-0.1, -0.05) is 11.6 Å². The molecule has 160 valence electrons. The molecule has 0 radical (unpaired) electrons. The van der Waals surface area contributed by atoms with Gasteiger partial charge < -0.3 is 19.7 Å². The third-order valence-corrected chi connectivity index (χ3v) is 5.62. The standard InChI is InChI=1S/C22H25ClFN3O3/c23-19-13-16(14-20-22(19)30-12-11-29-20)15-21(28)25-5-6-26-7-9-27(10-8-26)18-3-1-17(24)2-4-18/h1-4,13-14H,5-12,15H2,(H,25,28). The molecule has 0 aromatic heterocycles. The first-order chi connectivity index (χ1) is 14.6. The van der Waals surface area contributed by atoms with E-state index in [4.69, 9.17) is 21.1 Å². The van der Waals surface area contributed by atoms with Gasteiger partial charge in [0.05, 0.1) is 11.4 Å². The van der Waals surface area contributed by atoms with Crippen LogP contribution >= 0.6 is 11.6 Å². The predicted molar refractivity (Wildman–Crippen MR) is 114 cm³/mol. The highest BCUT2D eigenvalue weighted by Crippen LogP contribution is 2.38. The first-order valence-corrected chi connectivity index (χ1v) is 10.5. The van der Waals surface area contributed by atoms with E-state index in [-0.39, 0.29) is 18.1 Å². The largest absolute Gasteiger partial charge is 0.486 e. The molecule has 1 N–H and O–H groups in total. The minimum Gasteiger partial charge on any atom is -0.486 e. The highest BCUT2D eigenvalue weighted by molar-refractivity contribution is 6.32. The Hall–Kier alpha value is -2.51. The van der Waals surface area contributed by atoms with Crippen molar-refractivity contribution >= 4 is 23.2 Å². The van der Waals surface area contributed by atoms with Crippen LogP contribution in [0.15, 0.2) is 36.4 Å². The minimum absolute atomic E-state index is 0.0484. The van der Waals surface area contributed by atoms with Crippen LogP contribution in [0.1, 0.15) is 5.56 Å². The number of benzene rings is 2. The lowest BCUT2D eigenvalue weighted by Crippen LogP contribution is -2.48. The highest BCUT2D eigenvalue weighted by atomic mass is 35.5. The summed E-state index contributed by atoms with van der Waals surface area (Å²) in [5.74, 6) is 0.877. The molecule has 1 amide bonds. The molecule has 0 unspecified atom stereocenters. The van der Waals surface area contributed by atoms with E-state index in [9.17, 15) is 9.18 Å². The number of ether oxygens (including phenoxy) is 2. The van der Waals surface area contributed by atoms with E-state index in [2.05, 4.69) is 15.1 Å². The van der Waals surface area contributed by atoms with Crippen LogP contribution in [0.5, 0.6) is 11.5 Å². The fourth-order valence-electron chi connectivity index (χ4n) is 3.75. The van der Waals surface area contributed by atoms with Crippen molar-refractivity contribution in [2.24, 2.45) is 0 Å². The normalized spacial score (nSPS) is 16.4. The van der Waals surface area contributed by atoms with Gasteiger partial charge >= 0.3 is 0 Å². The monoisotopic (exact) mass is 433 g/mol. The summed E-state index contributed by atoms with van der Waals surface area (Å²) in [4.78, 5) is 16.9. The average Bonchev–Trinajstić information content (AvgIpc) is 2.75. The number of anilines is 1. The lowest BCUT2D eigenvalue weighted by Gasteiger charge is -2.36. The minimum atomic E-state index is -0.216. The maximum Gasteiger partial charge on any atom is 0.224 e. The van der Waals surface area contributed by atoms with Crippen molar-refractivity contribution in [2.45, 2.75) is 6.42 Å². The second-order valence-corrected chi connectivity index (χ2v) is 7.84. The van der Waals surface area contributed by atoms with Crippen LogP contribution in [0.2, 0.25) is 5.02 Å². The molecule has 4 rings (SSSR count). The van der Waals surface area contributed by atoms with Gasteiger partial charge in [0.2, 0.25) is 5.91 Å². The number of rotatable bonds is 6. The number of carbonyl (C=O) groups is 1. The highest BCUT2D eigenvalue weighted by Gasteiger charge is 2.19. The SMILES string of the molecule is O=C(Cc1cc(Cl)c2c(c1)OCCO2)NCCN1CCN(c2ccc(F)cc2)CC1. The second-order valence-electron chi connectivity index (χ2n) is 7.43. The number of halogens is 2. The van der Waals surface area contributed by atoms with E-state index in [0.717, 1.165) is 44.0 Å². The zero-order chi connectivity index (χ0) is 20.9. The predicted octanol–water partition coefficient (Wildman–Crippen LogP) is 2.73. The van der Waals surface area contributed by atoms with Crippen LogP contribution < -0.4 is 19.7 Å². The lowest BCUT2D eigenvalue weighted by molar-refractivity contribution is -0.120. The number of hydrogen-bond donors (Lipinski definition) is 1. The molecule has 6 nitrogen and oxygen atoms in total. The molecule has 2 aromatic carbocycles. The first-order valence-electron chi connectivity index (χ1n) is 10.2. The molecule has 0 saturated carbocycles. The average molecular weight is 434 g/mol. The summed E-state index contributed by atoms with van der Waals surface area (Å²) in [6.07, 6.45) is 0.245. The molecule has 0 aliphatic carbocycles. The van der Waals surface area contributed by atoms with E-state index >= 15 is 0 Å². The molecule has 0 spiro atoms. The third-order valence-electron chi connectivity index (χ3n) is 5.34. The molecule has 8 heteroatoms. The van der Waals surface area contributed by atoms with Crippen molar-refractivity contribution in [3.8, 4) is 11.5 Å². The number of nitrogens with one attached hydrogen (secondary N) is 1. The fourth-order valence-corrected chi connectivity index (χ4v) is 4.04.